The zero-order valence-electron chi connectivity index (χ0n) is 22.8. The molecule has 206 valence electrons. The molecule has 3 N–H and O–H groups in total. The molecule has 10 nitrogen and oxygen atoms in total. The summed E-state index contributed by atoms with van der Waals surface area (Å²) >= 11 is 0. The summed E-state index contributed by atoms with van der Waals surface area (Å²) in [6.45, 7) is 5.75. The average Bonchev–Trinajstić information content (AvgIpc) is 3.51. The highest BCUT2D eigenvalue weighted by atomic mass is 16.5. The first-order chi connectivity index (χ1) is 19.3. The van der Waals surface area contributed by atoms with Gasteiger partial charge < -0.3 is 13.6 Å². The predicted molar refractivity (Wildman–Crippen MR) is 148 cm³/mol. The van der Waals surface area contributed by atoms with Crippen LogP contribution in [0.15, 0.2) is 56.6 Å². The van der Waals surface area contributed by atoms with Gasteiger partial charge in [-0.1, -0.05) is 18.2 Å². The van der Waals surface area contributed by atoms with Crippen LogP contribution in [0.25, 0.3) is 11.0 Å². The standard InChI is InChI=1S/C30H30N4O6/c1-16-12-17(2)26-19(15-39-24(26)13-16)14-25(35)32-31-21-9-7-11-23-27(21)18(3)28(40-23)30(37)34-33-29(36)20-8-5-6-10-22(20)38-4/h5-6,8,10,12-13,15H,7,9,11,14H2,1-4H3,(H,32,35)(H,33,36)(H,34,37)/b31-21+. The molecule has 5 rings (SSSR count). The summed E-state index contributed by atoms with van der Waals surface area (Å²) in [5, 5.41) is 5.34. The van der Waals surface area contributed by atoms with Gasteiger partial charge in [0.05, 0.1) is 31.1 Å². The van der Waals surface area contributed by atoms with Crippen LogP contribution in [0, 0.1) is 20.8 Å². The van der Waals surface area contributed by atoms with Crippen molar-refractivity contribution in [2.24, 2.45) is 5.10 Å². The Hall–Kier alpha value is -4.86. The minimum atomic E-state index is -0.601. The Labute approximate surface area is 230 Å². The van der Waals surface area contributed by atoms with Crippen LogP contribution in [0.3, 0.4) is 0 Å². The number of ether oxygens (including phenoxy) is 1. The fraction of sp³-hybridized carbons (Fsp3) is 0.267. The quantitative estimate of drug-likeness (QED) is 0.309. The lowest BCUT2D eigenvalue weighted by molar-refractivity contribution is -0.120. The normalized spacial score (nSPS) is 13.7. The third kappa shape index (κ3) is 5.20. The summed E-state index contributed by atoms with van der Waals surface area (Å²) < 4.78 is 16.7. The van der Waals surface area contributed by atoms with Gasteiger partial charge in [-0.2, -0.15) is 5.10 Å². The van der Waals surface area contributed by atoms with Crippen molar-refractivity contribution in [3.8, 4) is 5.75 Å². The van der Waals surface area contributed by atoms with E-state index >= 15 is 0 Å². The molecule has 2 heterocycles. The maximum Gasteiger partial charge on any atom is 0.305 e. The number of carbonyl (C=O) groups excluding carboxylic acids is 3. The van der Waals surface area contributed by atoms with Crippen LogP contribution in [0.1, 0.15) is 67.3 Å². The van der Waals surface area contributed by atoms with E-state index in [0.29, 0.717) is 41.2 Å². The fourth-order valence-corrected chi connectivity index (χ4v) is 5.17. The van der Waals surface area contributed by atoms with E-state index in [-0.39, 0.29) is 23.7 Å². The van der Waals surface area contributed by atoms with Crippen LogP contribution in [0.4, 0.5) is 0 Å². The molecular formula is C30H30N4O6. The molecule has 0 bridgehead atoms. The first-order valence-corrected chi connectivity index (χ1v) is 13.0. The number of nitrogens with zero attached hydrogens (tertiary/aromatic N) is 1. The number of hydrazone groups is 1. The molecule has 3 amide bonds. The van der Waals surface area contributed by atoms with Crippen LogP contribution in [0.2, 0.25) is 0 Å². The lowest BCUT2D eigenvalue weighted by atomic mass is 9.93. The number of methoxy groups -OCH3 is 1. The van der Waals surface area contributed by atoms with Crippen molar-refractivity contribution in [3.63, 3.8) is 0 Å². The van der Waals surface area contributed by atoms with Crippen LogP contribution in [-0.2, 0) is 17.6 Å². The number of nitrogens with one attached hydrogen (secondary N) is 3. The first kappa shape index (κ1) is 26.7. The van der Waals surface area contributed by atoms with E-state index in [1.165, 1.54) is 7.11 Å². The van der Waals surface area contributed by atoms with Gasteiger partial charge in [0.15, 0.2) is 5.76 Å². The molecular weight excluding hydrogens is 512 g/mol. The number of hydrogen-bond donors (Lipinski definition) is 3. The second kappa shape index (κ2) is 11.1. The largest absolute Gasteiger partial charge is 0.496 e. The highest BCUT2D eigenvalue weighted by Crippen LogP contribution is 2.30. The summed E-state index contributed by atoms with van der Waals surface area (Å²) in [7, 11) is 1.46. The van der Waals surface area contributed by atoms with Gasteiger partial charge in [-0.3, -0.25) is 25.2 Å². The van der Waals surface area contributed by atoms with E-state index in [0.717, 1.165) is 34.1 Å². The van der Waals surface area contributed by atoms with Crippen LogP contribution < -0.4 is 21.0 Å². The fourth-order valence-electron chi connectivity index (χ4n) is 5.17. The molecule has 0 saturated heterocycles. The lowest BCUT2D eigenvalue weighted by Gasteiger charge is -2.13. The topological polar surface area (TPSA) is 135 Å². The Morgan fingerprint density at radius 2 is 1.80 bits per heavy atom. The van der Waals surface area contributed by atoms with Gasteiger partial charge in [-0.25, -0.2) is 5.43 Å². The zero-order chi connectivity index (χ0) is 28.4. The summed E-state index contributed by atoms with van der Waals surface area (Å²) in [6, 6.07) is 10.7. The van der Waals surface area contributed by atoms with Gasteiger partial charge >= 0.3 is 5.91 Å². The number of furan rings is 2. The van der Waals surface area contributed by atoms with Gasteiger partial charge in [0.2, 0.25) is 5.91 Å². The number of carbonyl (C=O) groups is 3. The molecule has 0 unspecified atom stereocenters. The Morgan fingerprint density at radius 3 is 2.60 bits per heavy atom. The van der Waals surface area contributed by atoms with Crippen molar-refractivity contribution in [2.75, 3.05) is 7.11 Å². The number of amides is 3. The van der Waals surface area contributed by atoms with Crippen molar-refractivity contribution >= 4 is 34.4 Å². The summed E-state index contributed by atoms with van der Waals surface area (Å²) in [6.07, 6.45) is 3.73. The van der Waals surface area contributed by atoms with E-state index in [9.17, 15) is 14.4 Å². The molecule has 2 aromatic carbocycles. The smallest absolute Gasteiger partial charge is 0.305 e. The monoisotopic (exact) mass is 542 g/mol. The van der Waals surface area contributed by atoms with Crippen LogP contribution in [-0.4, -0.2) is 30.5 Å². The Bertz CT molecular complexity index is 1660. The van der Waals surface area contributed by atoms with E-state index < -0.39 is 11.8 Å². The number of fused-ring (bicyclic) bond motifs is 2. The van der Waals surface area contributed by atoms with Gasteiger partial charge in [-0.15, -0.1) is 0 Å². The SMILES string of the molecule is COc1ccccc1C(=O)NNC(=O)c1oc2c(c1C)/C(=N/NC(=O)Cc1coc3cc(C)cc(C)c13)CCC2. The maximum absolute atomic E-state index is 12.9. The minimum Gasteiger partial charge on any atom is -0.496 e. The van der Waals surface area contributed by atoms with Crippen molar-refractivity contribution in [2.45, 2.75) is 46.5 Å². The number of hydrogen-bond acceptors (Lipinski definition) is 7. The number of benzene rings is 2. The molecule has 0 saturated carbocycles. The van der Waals surface area contributed by atoms with Crippen LogP contribution in [0.5, 0.6) is 5.75 Å². The summed E-state index contributed by atoms with van der Waals surface area (Å²) in [4.78, 5) is 38.3. The molecule has 1 aliphatic rings. The Morgan fingerprint density at radius 1 is 1.02 bits per heavy atom. The summed E-state index contributed by atoms with van der Waals surface area (Å²) in [5.41, 5.74) is 13.3. The minimum absolute atomic E-state index is 0.0712. The van der Waals surface area contributed by atoms with E-state index in [2.05, 4.69) is 27.4 Å². The van der Waals surface area contributed by atoms with E-state index in [4.69, 9.17) is 13.6 Å². The highest BCUT2D eigenvalue weighted by Gasteiger charge is 2.28. The van der Waals surface area contributed by atoms with E-state index in [1.54, 1.807) is 37.5 Å². The lowest BCUT2D eigenvalue weighted by Crippen LogP contribution is -2.41. The Balaban J connectivity index is 1.28. The molecule has 1 aliphatic carbocycles. The van der Waals surface area contributed by atoms with Crippen molar-refractivity contribution in [1.82, 2.24) is 16.3 Å². The molecule has 0 spiro atoms. The van der Waals surface area contributed by atoms with Gasteiger partial charge in [-0.05, 0) is 62.9 Å². The Kier molecular flexibility index (Phi) is 7.41. The second-order valence-electron chi connectivity index (χ2n) is 9.80. The number of para-hydroxylation sites is 1. The number of aryl methyl sites for hydroxylation is 3. The highest BCUT2D eigenvalue weighted by molar-refractivity contribution is 6.07. The van der Waals surface area contributed by atoms with Gasteiger partial charge in [0.25, 0.3) is 5.91 Å². The molecule has 2 aromatic heterocycles. The molecule has 0 aliphatic heterocycles. The van der Waals surface area contributed by atoms with Gasteiger partial charge in [0, 0.05) is 28.5 Å². The third-order valence-electron chi connectivity index (χ3n) is 6.93. The second-order valence-corrected chi connectivity index (χ2v) is 9.80. The average molecular weight is 543 g/mol. The number of hydrazine groups is 1. The maximum atomic E-state index is 12.9. The van der Waals surface area contributed by atoms with Crippen molar-refractivity contribution < 1.29 is 28.0 Å². The van der Waals surface area contributed by atoms with Crippen molar-refractivity contribution in [3.05, 3.63) is 87.6 Å². The molecule has 10 heteroatoms. The first-order valence-electron chi connectivity index (χ1n) is 13.0. The van der Waals surface area contributed by atoms with E-state index in [1.807, 2.05) is 19.9 Å². The predicted octanol–water partition coefficient (Wildman–Crippen LogP) is 4.43. The molecule has 0 fully saturated rings. The van der Waals surface area contributed by atoms with Gasteiger partial charge in [0.1, 0.15) is 17.1 Å². The van der Waals surface area contributed by atoms with Crippen LogP contribution >= 0.6 is 0 Å². The molecule has 0 atom stereocenters. The molecule has 4 aromatic rings. The third-order valence-corrected chi connectivity index (χ3v) is 6.93. The molecule has 40 heavy (non-hydrogen) atoms. The zero-order valence-corrected chi connectivity index (χ0v) is 22.8. The van der Waals surface area contributed by atoms with Crippen molar-refractivity contribution in [1.29, 1.82) is 0 Å². The summed E-state index contributed by atoms with van der Waals surface area (Å²) in [5.74, 6) is -0.337. The molecule has 0 radical (unpaired) electrons. The number of rotatable bonds is 6.